The molecule has 4 aromatic rings. The summed E-state index contributed by atoms with van der Waals surface area (Å²) in [6.07, 6.45) is 1.94. The van der Waals surface area contributed by atoms with Crippen molar-refractivity contribution < 1.29 is 31.5 Å². The number of sulfonamides is 1. The quantitative estimate of drug-likeness (QED) is 0.305. The molecular weight excluding hydrogens is 525 g/mol. The number of rotatable bonds is 10. The van der Waals surface area contributed by atoms with Gasteiger partial charge in [0.1, 0.15) is 17.4 Å². The molecule has 11 heteroatoms. The molecule has 0 bridgehead atoms. The highest BCUT2D eigenvalue weighted by molar-refractivity contribution is 7.92. The molecular formula is C28H30FN3O6S. The summed E-state index contributed by atoms with van der Waals surface area (Å²) in [5.41, 5.74) is 2.29. The molecule has 0 aliphatic rings. The molecule has 39 heavy (non-hydrogen) atoms. The number of halogens is 1. The van der Waals surface area contributed by atoms with Crippen molar-refractivity contribution in [3.05, 3.63) is 71.0 Å². The highest BCUT2D eigenvalue weighted by Crippen LogP contribution is 2.36. The van der Waals surface area contributed by atoms with Gasteiger partial charge in [0.15, 0.2) is 11.5 Å². The minimum Gasteiger partial charge on any atom is -0.493 e. The molecule has 0 radical (unpaired) electrons. The van der Waals surface area contributed by atoms with E-state index in [1.807, 2.05) is 13.0 Å². The van der Waals surface area contributed by atoms with E-state index in [2.05, 4.69) is 10.3 Å². The number of hydrogen-bond donors (Lipinski definition) is 1. The van der Waals surface area contributed by atoms with Crippen LogP contribution in [0.3, 0.4) is 0 Å². The maximum Gasteiger partial charge on any atom is 0.255 e. The number of amides is 1. The molecule has 0 aliphatic heterocycles. The molecule has 206 valence electrons. The van der Waals surface area contributed by atoms with Gasteiger partial charge in [-0.25, -0.2) is 12.8 Å². The van der Waals surface area contributed by atoms with Crippen molar-refractivity contribution in [2.24, 2.45) is 0 Å². The van der Waals surface area contributed by atoms with Crippen LogP contribution in [0.15, 0.2) is 52.9 Å². The highest BCUT2D eigenvalue weighted by Gasteiger charge is 2.27. The van der Waals surface area contributed by atoms with Crippen LogP contribution in [-0.4, -0.2) is 53.4 Å². The van der Waals surface area contributed by atoms with Gasteiger partial charge in [0, 0.05) is 19.2 Å². The Hall–Kier alpha value is -4.12. The fourth-order valence-corrected chi connectivity index (χ4v) is 5.28. The number of benzene rings is 2. The van der Waals surface area contributed by atoms with Gasteiger partial charge < -0.3 is 19.2 Å². The number of nitrogens with zero attached hydrogens (tertiary/aromatic N) is 2. The monoisotopic (exact) mass is 555 g/mol. The van der Waals surface area contributed by atoms with E-state index in [0.29, 0.717) is 40.9 Å². The number of methoxy groups -OCH3 is 2. The Labute approximate surface area is 226 Å². The minimum atomic E-state index is -3.75. The fourth-order valence-electron chi connectivity index (χ4n) is 4.38. The van der Waals surface area contributed by atoms with Crippen LogP contribution >= 0.6 is 0 Å². The van der Waals surface area contributed by atoms with Crippen LogP contribution in [0.2, 0.25) is 0 Å². The van der Waals surface area contributed by atoms with Gasteiger partial charge in [0.05, 0.1) is 31.4 Å². The van der Waals surface area contributed by atoms with E-state index in [0.717, 1.165) is 11.8 Å². The van der Waals surface area contributed by atoms with Gasteiger partial charge in [0.2, 0.25) is 15.7 Å². The first-order valence-electron chi connectivity index (χ1n) is 12.2. The molecule has 1 N–H and O–H groups in total. The first-order chi connectivity index (χ1) is 18.6. The maximum atomic E-state index is 13.6. The standard InChI is InChI=1S/C28H30FN3O6S/c1-6-18-16-21-24(27(33)30-2)25(19-8-10-20(29)11-9-19)38-28(21)31-26(18)32(39(5,34)35)14-13-17-7-12-22(36-3)23(15-17)37-4/h7-12,15-16H,6,13-14H2,1-5H3,(H,30,33). The third kappa shape index (κ3) is 5.68. The van der Waals surface area contributed by atoms with Crippen molar-refractivity contribution in [2.75, 3.05) is 38.4 Å². The predicted molar refractivity (Wildman–Crippen MR) is 148 cm³/mol. The second kappa shape index (κ2) is 11.3. The number of hydrogen-bond acceptors (Lipinski definition) is 7. The van der Waals surface area contributed by atoms with Gasteiger partial charge in [0.25, 0.3) is 5.91 Å². The zero-order valence-electron chi connectivity index (χ0n) is 22.4. The number of pyridine rings is 1. The summed E-state index contributed by atoms with van der Waals surface area (Å²) in [6.45, 7) is 1.98. The third-order valence-electron chi connectivity index (χ3n) is 6.37. The summed E-state index contributed by atoms with van der Waals surface area (Å²) >= 11 is 0. The Morgan fingerprint density at radius 2 is 1.77 bits per heavy atom. The minimum absolute atomic E-state index is 0.0971. The van der Waals surface area contributed by atoms with Crippen molar-refractivity contribution in [1.29, 1.82) is 0 Å². The third-order valence-corrected chi connectivity index (χ3v) is 7.52. The second-order valence-corrected chi connectivity index (χ2v) is 10.8. The number of furan rings is 1. The number of aromatic nitrogens is 1. The van der Waals surface area contributed by atoms with Crippen molar-refractivity contribution >= 4 is 32.8 Å². The first-order valence-corrected chi connectivity index (χ1v) is 14.1. The molecule has 0 aliphatic carbocycles. The molecule has 2 aromatic heterocycles. The van der Waals surface area contributed by atoms with E-state index in [1.54, 1.807) is 25.3 Å². The normalized spacial score (nSPS) is 11.4. The van der Waals surface area contributed by atoms with Gasteiger partial charge in [-0.3, -0.25) is 9.10 Å². The number of nitrogens with one attached hydrogen (secondary N) is 1. The zero-order valence-corrected chi connectivity index (χ0v) is 23.2. The van der Waals surface area contributed by atoms with Gasteiger partial charge in [-0.15, -0.1) is 0 Å². The lowest BCUT2D eigenvalue weighted by Crippen LogP contribution is -2.33. The van der Waals surface area contributed by atoms with Gasteiger partial charge >= 0.3 is 0 Å². The Morgan fingerprint density at radius 1 is 1.08 bits per heavy atom. The summed E-state index contributed by atoms with van der Waals surface area (Å²) in [7, 11) is 0.831. The lowest BCUT2D eigenvalue weighted by molar-refractivity contribution is 0.0964. The maximum absolute atomic E-state index is 13.6. The van der Waals surface area contributed by atoms with Crippen molar-refractivity contribution in [1.82, 2.24) is 10.3 Å². The largest absolute Gasteiger partial charge is 0.493 e. The summed E-state index contributed by atoms with van der Waals surface area (Å²) in [5.74, 6) is 0.716. The Bertz CT molecular complexity index is 1620. The fraction of sp³-hybridized carbons (Fsp3) is 0.286. The van der Waals surface area contributed by atoms with Crippen molar-refractivity contribution in [2.45, 2.75) is 19.8 Å². The van der Waals surface area contributed by atoms with Crippen LogP contribution in [0, 0.1) is 5.82 Å². The topological polar surface area (TPSA) is 111 Å². The molecule has 0 saturated carbocycles. The average Bonchev–Trinajstić information content (AvgIpc) is 3.30. The predicted octanol–water partition coefficient (Wildman–Crippen LogP) is 4.58. The number of carbonyl (C=O) groups excluding carboxylic acids is 1. The van der Waals surface area contributed by atoms with Gasteiger partial charge in [-0.2, -0.15) is 4.98 Å². The van der Waals surface area contributed by atoms with Crippen LogP contribution in [-0.2, 0) is 22.9 Å². The van der Waals surface area contributed by atoms with E-state index >= 15 is 0 Å². The van der Waals surface area contributed by atoms with Crippen LogP contribution in [0.1, 0.15) is 28.4 Å². The molecule has 0 spiro atoms. The summed E-state index contributed by atoms with van der Waals surface area (Å²) < 4.78 is 57.4. The van der Waals surface area contributed by atoms with Crippen molar-refractivity contribution in [3.63, 3.8) is 0 Å². The van der Waals surface area contributed by atoms with Crippen LogP contribution < -0.4 is 19.1 Å². The first kappa shape index (κ1) is 27.9. The zero-order chi connectivity index (χ0) is 28.3. The number of ether oxygens (including phenoxy) is 2. The molecule has 2 aromatic carbocycles. The summed E-state index contributed by atoms with van der Waals surface area (Å²) in [5, 5.41) is 3.04. The van der Waals surface area contributed by atoms with E-state index in [4.69, 9.17) is 13.9 Å². The number of aryl methyl sites for hydroxylation is 1. The van der Waals surface area contributed by atoms with E-state index in [1.165, 1.54) is 42.7 Å². The molecule has 0 saturated heterocycles. The molecule has 0 fully saturated rings. The van der Waals surface area contributed by atoms with Crippen molar-refractivity contribution in [3.8, 4) is 22.8 Å². The highest BCUT2D eigenvalue weighted by atomic mass is 32.2. The molecule has 0 atom stereocenters. The molecule has 0 unspecified atom stereocenters. The molecule has 9 nitrogen and oxygen atoms in total. The number of carbonyl (C=O) groups is 1. The van der Waals surface area contributed by atoms with E-state index in [9.17, 15) is 17.6 Å². The van der Waals surface area contributed by atoms with Crippen LogP contribution in [0.5, 0.6) is 11.5 Å². The SMILES string of the molecule is CCc1cc2c(C(=O)NC)c(-c3ccc(F)cc3)oc2nc1N(CCc1ccc(OC)c(OC)c1)S(C)(=O)=O. The Kier molecular flexibility index (Phi) is 8.10. The van der Waals surface area contributed by atoms with Gasteiger partial charge in [-0.05, 0) is 66.4 Å². The lowest BCUT2D eigenvalue weighted by Gasteiger charge is -2.23. The Balaban J connectivity index is 1.82. The summed E-state index contributed by atoms with van der Waals surface area (Å²) in [6, 6.07) is 12.7. The van der Waals surface area contributed by atoms with Crippen LogP contribution in [0.25, 0.3) is 22.4 Å². The number of fused-ring (bicyclic) bond motifs is 1. The molecule has 1 amide bonds. The van der Waals surface area contributed by atoms with Crippen LogP contribution in [0.4, 0.5) is 10.2 Å². The number of anilines is 1. The smallest absolute Gasteiger partial charge is 0.255 e. The molecule has 2 heterocycles. The van der Waals surface area contributed by atoms with E-state index < -0.39 is 21.7 Å². The van der Waals surface area contributed by atoms with Gasteiger partial charge in [-0.1, -0.05) is 13.0 Å². The lowest BCUT2D eigenvalue weighted by atomic mass is 10.0. The second-order valence-electron chi connectivity index (χ2n) is 8.84. The van der Waals surface area contributed by atoms with E-state index in [-0.39, 0.29) is 29.4 Å². The molecule has 4 rings (SSSR count). The average molecular weight is 556 g/mol. The summed E-state index contributed by atoms with van der Waals surface area (Å²) in [4.78, 5) is 17.5. The Morgan fingerprint density at radius 3 is 2.36 bits per heavy atom.